The van der Waals surface area contributed by atoms with Crippen LogP contribution in [0.15, 0.2) is 24.3 Å². The molecule has 8 nitrogen and oxygen atoms in total. The minimum absolute atomic E-state index is 0.0576. The summed E-state index contributed by atoms with van der Waals surface area (Å²) >= 11 is 5.47. The zero-order chi connectivity index (χ0) is 17.7. The number of amides is 1. The third-order valence-corrected chi connectivity index (χ3v) is 3.30. The Balaban J connectivity index is 2.69. The number of hydrogen-bond donors (Lipinski definition) is 1. The van der Waals surface area contributed by atoms with Gasteiger partial charge in [0, 0.05) is 6.07 Å². The van der Waals surface area contributed by atoms with Gasteiger partial charge >= 0.3 is 5.97 Å². The smallest absolute Gasteiger partial charge is 0.359 e. The largest absolute Gasteiger partial charge is 0.497 e. The van der Waals surface area contributed by atoms with E-state index in [0.717, 1.165) is 0 Å². The lowest BCUT2D eigenvalue weighted by Gasteiger charge is -2.09. The molecule has 124 valence electrons. The maximum Gasteiger partial charge on any atom is 0.359 e. The van der Waals surface area contributed by atoms with Crippen LogP contribution in [0.5, 0.6) is 5.75 Å². The lowest BCUT2D eigenvalue weighted by molar-refractivity contribution is -0.113. The minimum atomic E-state index is -0.767. The van der Waals surface area contributed by atoms with E-state index in [4.69, 9.17) is 21.1 Å². The van der Waals surface area contributed by atoms with E-state index in [1.807, 2.05) is 6.07 Å². The molecule has 0 aliphatic rings. The number of methoxy groups -OCH3 is 2. The van der Waals surface area contributed by atoms with Crippen molar-refractivity contribution in [1.29, 1.82) is 5.26 Å². The van der Waals surface area contributed by atoms with Crippen LogP contribution in [0.3, 0.4) is 0 Å². The van der Waals surface area contributed by atoms with Crippen molar-refractivity contribution in [1.82, 2.24) is 9.78 Å². The van der Waals surface area contributed by atoms with Crippen LogP contribution in [-0.4, -0.2) is 41.8 Å². The number of rotatable bonds is 5. The van der Waals surface area contributed by atoms with Crippen LogP contribution in [0.2, 0.25) is 0 Å². The maximum absolute atomic E-state index is 12.2. The molecule has 0 aliphatic heterocycles. The first-order valence-corrected chi connectivity index (χ1v) is 7.20. The number of hydrogen-bond acceptors (Lipinski definition) is 6. The number of halogens is 1. The molecule has 0 aliphatic carbocycles. The summed E-state index contributed by atoms with van der Waals surface area (Å²) in [5.74, 6) is -1.15. The highest BCUT2D eigenvalue weighted by Gasteiger charge is 2.26. The Hall–Kier alpha value is -3.05. The summed E-state index contributed by atoms with van der Waals surface area (Å²) in [6, 6.07) is 8.53. The third-order valence-electron chi connectivity index (χ3n) is 3.05. The van der Waals surface area contributed by atoms with Gasteiger partial charge in [-0.2, -0.15) is 10.4 Å². The lowest BCUT2D eigenvalue weighted by atomic mass is 10.2. The fraction of sp³-hybridized carbons (Fsp3) is 0.200. The van der Waals surface area contributed by atoms with Crippen LogP contribution < -0.4 is 10.1 Å². The number of aromatic nitrogens is 2. The molecule has 1 aromatic carbocycles. The standard InChI is InChI=1S/C15H13ClN4O4/c1-23-10-5-3-4-9(6-10)20-14(15(22)24-2)13(11(8-17)19-20)18-12(21)7-16/h3-6H,7H2,1-2H3,(H,18,21). The quantitative estimate of drug-likeness (QED) is 0.651. The van der Waals surface area contributed by atoms with Crippen molar-refractivity contribution in [3.63, 3.8) is 0 Å². The van der Waals surface area contributed by atoms with Crippen molar-refractivity contribution < 1.29 is 19.1 Å². The molecule has 0 spiro atoms. The Kier molecular flexibility index (Phi) is 5.39. The van der Waals surface area contributed by atoms with E-state index in [1.165, 1.54) is 18.9 Å². The highest BCUT2D eigenvalue weighted by Crippen LogP contribution is 2.26. The van der Waals surface area contributed by atoms with Crippen molar-refractivity contribution >= 4 is 29.2 Å². The third kappa shape index (κ3) is 3.31. The van der Waals surface area contributed by atoms with Gasteiger partial charge in [-0.1, -0.05) is 6.07 Å². The second kappa shape index (κ2) is 7.48. The average molecular weight is 349 g/mol. The van der Waals surface area contributed by atoms with Crippen LogP contribution in [0.1, 0.15) is 16.2 Å². The number of benzene rings is 1. The van der Waals surface area contributed by atoms with E-state index in [1.54, 1.807) is 24.3 Å². The van der Waals surface area contributed by atoms with E-state index in [-0.39, 0.29) is 23.0 Å². The number of nitrogens with zero attached hydrogens (tertiary/aromatic N) is 3. The molecule has 0 bridgehead atoms. The number of carbonyl (C=O) groups is 2. The Morgan fingerprint density at radius 1 is 1.42 bits per heavy atom. The van der Waals surface area contributed by atoms with E-state index in [9.17, 15) is 14.9 Å². The molecule has 0 saturated carbocycles. The van der Waals surface area contributed by atoms with Crippen LogP contribution in [0, 0.1) is 11.3 Å². The number of ether oxygens (including phenoxy) is 2. The molecule has 9 heteroatoms. The van der Waals surface area contributed by atoms with Gasteiger partial charge in [0.25, 0.3) is 0 Å². The summed E-state index contributed by atoms with van der Waals surface area (Å²) in [5.41, 5.74) is 0.160. The van der Waals surface area contributed by atoms with E-state index >= 15 is 0 Å². The molecule has 1 heterocycles. The van der Waals surface area contributed by atoms with Gasteiger partial charge in [0.1, 0.15) is 23.4 Å². The van der Waals surface area contributed by atoms with Gasteiger partial charge in [0.2, 0.25) is 5.91 Å². The van der Waals surface area contributed by atoms with Crippen molar-refractivity contribution in [2.45, 2.75) is 0 Å². The van der Waals surface area contributed by atoms with Crippen LogP contribution >= 0.6 is 11.6 Å². The van der Waals surface area contributed by atoms with E-state index < -0.39 is 11.9 Å². The molecule has 0 atom stereocenters. The second-order valence-corrected chi connectivity index (χ2v) is 4.74. The van der Waals surface area contributed by atoms with Crippen LogP contribution in [-0.2, 0) is 9.53 Å². The molecular weight excluding hydrogens is 336 g/mol. The monoisotopic (exact) mass is 348 g/mol. The molecule has 0 radical (unpaired) electrons. The molecule has 2 aromatic rings. The van der Waals surface area contributed by atoms with Gasteiger partial charge < -0.3 is 14.8 Å². The first-order valence-electron chi connectivity index (χ1n) is 6.67. The normalized spacial score (nSPS) is 9.92. The van der Waals surface area contributed by atoms with Crippen molar-refractivity contribution in [3.05, 3.63) is 35.7 Å². The lowest BCUT2D eigenvalue weighted by Crippen LogP contribution is -2.17. The summed E-state index contributed by atoms with van der Waals surface area (Å²) < 4.78 is 11.1. The fourth-order valence-corrected chi connectivity index (χ4v) is 2.07. The maximum atomic E-state index is 12.2. The van der Waals surface area contributed by atoms with Gasteiger partial charge in [-0.05, 0) is 12.1 Å². The first kappa shape index (κ1) is 17.3. The highest BCUT2D eigenvalue weighted by molar-refractivity contribution is 6.29. The molecule has 1 N–H and O–H groups in total. The topological polar surface area (TPSA) is 106 Å². The number of anilines is 1. The summed E-state index contributed by atoms with van der Waals surface area (Å²) in [6.45, 7) is 0. The van der Waals surface area contributed by atoms with Gasteiger partial charge in [-0.15, -0.1) is 11.6 Å². The van der Waals surface area contributed by atoms with Crippen LogP contribution in [0.4, 0.5) is 5.69 Å². The highest BCUT2D eigenvalue weighted by atomic mass is 35.5. The molecule has 0 fully saturated rings. The van der Waals surface area contributed by atoms with Gasteiger partial charge in [0.05, 0.1) is 19.9 Å². The predicted octanol–water partition coefficient (Wildman–Crippen LogP) is 1.72. The molecule has 24 heavy (non-hydrogen) atoms. The van der Waals surface area contributed by atoms with Crippen molar-refractivity contribution in [3.8, 4) is 17.5 Å². The molecule has 1 amide bonds. The Bertz CT molecular complexity index is 825. The van der Waals surface area contributed by atoms with Crippen molar-refractivity contribution in [2.24, 2.45) is 0 Å². The zero-order valence-corrected chi connectivity index (χ0v) is 13.6. The number of alkyl halides is 1. The number of nitrogens with one attached hydrogen (secondary N) is 1. The fourth-order valence-electron chi connectivity index (χ4n) is 2.00. The molecule has 0 saturated heterocycles. The Morgan fingerprint density at radius 3 is 2.75 bits per heavy atom. The summed E-state index contributed by atoms with van der Waals surface area (Å²) in [6.07, 6.45) is 0. The van der Waals surface area contributed by atoms with Gasteiger partial charge in [-0.3, -0.25) is 4.79 Å². The Morgan fingerprint density at radius 2 is 2.17 bits per heavy atom. The minimum Gasteiger partial charge on any atom is -0.497 e. The predicted molar refractivity (Wildman–Crippen MR) is 85.5 cm³/mol. The number of carbonyl (C=O) groups excluding carboxylic acids is 2. The molecular formula is C15H13ClN4O4. The summed E-state index contributed by atoms with van der Waals surface area (Å²) in [7, 11) is 2.68. The SMILES string of the molecule is COC(=O)c1c(NC(=O)CCl)c(C#N)nn1-c1cccc(OC)c1. The zero-order valence-electron chi connectivity index (χ0n) is 12.9. The number of esters is 1. The van der Waals surface area contributed by atoms with E-state index in [2.05, 4.69) is 10.4 Å². The van der Waals surface area contributed by atoms with Gasteiger partial charge in [0.15, 0.2) is 11.4 Å². The van der Waals surface area contributed by atoms with Gasteiger partial charge in [-0.25, -0.2) is 9.48 Å². The molecule has 1 aromatic heterocycles. The van der Waals surface area contributed by atoms with E-state index in [0.29, 0.717) is 11.4 Å². The summed E-state index contributed by atoms with van der Waals surface area (Å²) in [5, 5.41) is 15.7. The summed E-state index contributed by atoms with van der Waals surface area (Å²) in [4.78, 5) is 23.8. The molecule has 0 unspecified atom stereocenters. The number of nitriles is 1. The van der Waals surface area contributed by atoms with Crippen LogP contribution in [0.25, 0.3) is 5.69 Å². The van der Waals surface area contributed by atoms with Crippen molar-refractivity contribution in [2.75, 3.05) is 25.4 Å². The average Bonchev–Trinajstić information content (AvgIpc) is 2.99. The molecule has 2 rings (SSSR count). The second-order valence-electron chi connectivity index (χ2n) is 4.47. The Labute approximate surface area is 142 Å². The first-order chi connectivity index (χ1) is 11.5.